The van der Waals surface area contributed by atoms with Gasteiger partial charge in [0.05, 0.1) is 25.2 Å². The highest BCUT2D eigenvalue weighted by atomic mass is 35.5. The van der Waals surface area contributed by atoms with Crippen molar-refractivity contribution in [2.75, 3.05) is 13.4 Å². The van der Waals surface area contributed by atoms with E-state index in [0.29, 0.717) is 13.4 Å². The normalized spacial score (nSPS) is 37.1. The van der Waals surface area contributed by atoms with Crippen molar-refractivity contribution < 1.29 is 19.0 Å². The maximum Gasteiger partial charge on any atom is 0.307 e. The number of esters is 1. The smallest absolute Gasteiger partial charge is 0.307 e. The molecule has 2 rings (SSSR count). The predicted molar refractivity (Wildman–Crippen MR) is 66.2 cm³/mol. The Morgan fingerprint density at radius 1 is 1.44 bits per heavy atom. The number of alkyl halides is 1. The summed E-state index contributed by atoms with van der Waals surface area (Å²) >= 11 is 6.34. The van der Waals surface area contributed by atoms with Gasteiger partial charge in [0.1, 0.15) is 6.79 Å². The molecule has 0 radical (unpaired) electrons. The molecule has 2 N–H and O–H groups in total. The van der Waals surface area contributed by atoms with Crippen molar-refractivity contribution in [1.29, 1.82) is 0 Å². The summed E-state index contributed by atoms with van der Waals surface area (Å²) in [5.74, 6) is -0.196. The van der Waals surface area contributed by atoms with Gasteiger partial charge in [0.25, 0.3) is 0 Å². The van der Waals surface area contributed by atoms with E-state index in [4.69, 9.17) is 31.5 Å². The molecule has 1 saturated heterocycles. The van der Waals surface area contributed by atoms with Crippen molar-refractivity contribution in [3.05, 3.63) is 0 Å². The highest BCUT2D eigenvalue weighted by Crippen LogP contribution is 2.37. The Hall–Kier alpha value is -0.360. The van der Waals surface area contributed by atoms with Gasteiger partial charge in [-0.15, -0.1) is 11.6 Å². The molecule has 1 aliphatic carbocycles. The number of rotatable bonds is 4. The van der Waals surface area contributed by atoms with E-state index in [2.05, 4.69) is 0 Å². The summed E-state index contributed by atoms with van der Waals surface area (Å²) in [4.78, 5) is 11.4. The van der Waals surface area contributed by atoms with Crippen molar-refractivity contribution in [1.82, 2.24) is 0 Å². The Morgan fingerprint density at radius 3 is 2.78 bits per heavy atom. The minimum absolute atomic E-state index is 0.0678. The summed E-state index contributed by atoms with van der Waals surface area (Å²) in [7, 11) is 0. The van der Waals surface area contributed by atoms with Crippen molar-refractivity contribution >= 4 is 17.6 Å². The Morgan fingerprint density at radius 2 is 2.11 bits per heavy atom. The molecule has 0 aromatic heterocycles. The molecule has 6 heteroatoms. The third-order valence-electron chi connectivity index (χ3n) is 3.66. The molecule has 5 atom stereocenters. The molecule has 18 heavy (non-hydrogen) atoms. The third kappa shape index (κ3) is 3.15. The molecule has 0 amide bonds. The molecule has 0 aromatic rings. The average molecular weight is 278 g/mol. The Bertz CT molecular complexity index is 302. The van der Waals surface area contributed by atoms with Gasteiger partial charge in [-0.05, 0) is 25.7 Å². The molecule has 2 fully saturated rings. The molecule has 1 heterocycles. The van der Waals surface area contributed by atoms with Gasteiger partial charge < -0.3 is 19.9 Å². The SMILES string of the molecule is CCOC(=O)CC(N)C1CC2OCOC2CC1Cl. The lowest BCUT2D eigenvalue weighted by Gasteiger charge is -2.36. The summed E-state index contributed by atoms with van der Waals surface area (Å²) in [6.07, 6.45) is 1.84. The van der Waals surface area contributed by atoms with Crippen LogP contribution in [0.1, 0.15) is 26.2 Å². The number of carbonyl (C=O) groups excluding carboxylic acids is 1. The number of fused-ring (bicyclic) bond motifs is 1. The molecule has 1 aliphatic heterocycles. The molecule has 0 spiro atoms. The molecule has 0 aromatic carbocycles. The van der Waals surface area contributed by atoms with Crippen LogP contribution in [0.15, 0.2) is 0 Å². The van der Waals surface area contributed by atoms with Crippen LogP contribution in [0.2, 0.25) is 0 Å². The van der Waals surface area contributed by atoms with Crippen LogP contribution in [-0.4, -0.2) is 43.0 Å². The Labute approximate surface area is 112 Å². The lowest BCUT2D eigenvalue weighted by atomic mass is 9.80. The molecular weight excluding hydrogens is 258 g/mol. The first-order valence-corrected chi connectivity index (χ1v) is 6.84. The number of carbonyl (C=O) groups is 1. The summed E-state index contributed by atoms with van der Waals surface area (Å²) < 4.78 is 15.8. The van der Waals surface area contributed by atoms with Gasteiger partial charge in [-0.3, -0.25) is 4.79 Å². The summed E-state index contributed by atoms with van der Waals surface area (Å²) in [5.41, 5.74) is 6.07. The zero-order valence-electron chi connectivity index (χ0n) is 10.5. The van der Waals surface area contributed by atoms with Gasteiger partial charge in [-0.1, -0.05) is 0 Å². The molecule has 104 valence electrons. The van der Waals surface area contributed by atoms with Gasteiger partial charge in [0.15, 0.2) is 0 Å². The zero-order chi connectivity index (χ0) is 13.1. The van der Waals surface area contributed by atoms with Crippen molar-refractivity contribution in [3.8, 4) is 0 Å². The molecule has 0 bridgehead atoms. The number of ether oxygens (including phenoxy) is 3. The van der Waals surface area contributed by atoms with E-state index in [-0.39, 0.29) is 41.9 Å². The van der Waals surface area contributed by atoms with E-state index < -0.39 is 0 Å². The second-order valence-electron chi connectivity index (χ2n) is 4.85. The maximum absolute atomic E-state index is 11.4. The van der Waals surface area contributed by atoms with Crippen LogP contribution in [0, 0.1) is 5.92 Å². The van der Waals surface area contributed by atoms with Gasteiger partial charge >= 0.3 is 5.97 Å². The van der Waals surface area contributed by atoms with Crippen LogP contribution < -0.4 is 5.73 Å². The first-order chi connectivity index (χ1) is 8.61. The van der Waals surface area contributed by atoms with Crippen LogP contribution in [0.4, 0.5) is 0 Å². The van der Waals surface area contributed by atoms with E-state index in [1.165, 1.54) is 0 Å². The van der Waals surface area contributed by atoms with Crippen molar-refractivity contribution in [2.24, 2.45) is 11.7 Å². The average Bonchev–Trinajstić information content (AvgIpc) is 2.74. The predicted octanol–water partition coefficient (Wildman–Crippen LogP) is 1.03. The lowest BCUT2D eigenvalue weighted by molar-refractivity contribution is -0.143. The van der Waals surface area contributed by atoms with Gasteiger partial charge in [0.2, 0.25) is 0 Å². The summed E-state index contributed by atoms with van der Waals surface area (Å²) in [6.45, 7) is 2.49. The lowest BCUT2D eigenvalue weighted by Crippen LogP contribution is -2.46. The topological polar surface area (TPSA) is 70.8 Å². The highest BCUT2D eigenvalue weighted by Gasteiger charge is 2.43. The maximum atomic E-state index is 11.4. The van der Waals surface area contributed by atoms with Crippen LogP contribution in [-0.2, 0) is 19.0 Å². The van der Waals surface area contributed by atoms with Crippen molar-refractivity contribution in [3.63, 3.8) is 0 Å². The fourth-order valence-corrected chi connectivity index (χ4v) is 3.15. The molecule has 1 saturated carbocycles. The third-order valence-corrected chi connectivity index (χ3v) is 4.16. The quantitative estimate of drug-likeness (QED) is 0.614. The van der Waals surface area contributed by atoms with E-state index >= 15 is 0 Å². The van der Waals surface area contributed by atoms with E-state index in [1.54, 1.807) is 6.92 Å². The minimum Gasteiger partial charge on any atom is -0.466 e. The monoisotopic (exact) mass is 277 g/mol. The fraction of sp³-hybridized carbons (Fsp3) is 0.917. The summed E-state index contributed by atoms with van der Waals surface area (Å²) in [5, 5.41) is -0.0719. The second kappa shape index (κ2) is 6.19. The van der Waals surface area contributed by atoms with E-state index in [0.717, 1.165) is 12.8 Å². The first-order valence-electron chi connectivity index (χ1n) is 6.40. The Balaban J connectivity index is 1.89. The van der Waals surface area contributed by atoms with Gasteiger partial charge in [-0.2, -0.15) is 0 Å². The summed E-state index contributed by atoms with van der Waals surface area (Å²) in [6, 6.07) is -0.281. The number of hydrogen-bond acceptors (Lipinski definition) is 5. The molecule has 5 unspecified atom stereocenters. The Kier molecular flexibility index (Phi) is 4.84. The van der Waals surface area contributed by atoms with Crippen LogP contribution >= 0.6 is 11.6 Å². The standard InChI is InChI=1S/C12H20ClNO4/c1-2-16-12(15)5-9(14)7-3-10-11(4-8(7)13)18-6-17-10/h7-11H,2-6,14H2,1H3. The van der Waals surface area contributed by atoms with Gasteiger partial charge in [0, 0.05) is 11.4 Å². The molecule has 5 nitrogen and oxygen atoms in total. The largest absolute Gasteiger partial charge is 0.466 e. The van der Waals surface area contributed by atoms with E-state index in [1.807, 2.05) is 0 Å². The highest BCUT2D eigenvalue weighted by molar-refractivity contribution is 6.21. The van der Waals surface area contributed by atoms with Crippen molar-refractivity contribution in [2.45, 2.75) is 49.8 Å². The molecule has 2 aliphatic rings. The number of halogens is 1. The fourth-order valence-electron chi connectivity index (χ4n) is 2.69. The number of hydrogen-bond donors (Lipinski definition) is 1. The van der Waals surface area contributed by atoms with Gasteiger partial charge in [-0.25, -0.2) is 0 Å². The van der Waals surface area contributed by atoms with Crippen LogP contribution in [0.3, 0.4) is 0 Å². The van der Waals surface area contributed by atoms with E-state index in [9.17, 15) is 4.79 Å². The number of nitrogens with two attached hydrogens (primary N) is 1. The zero-order valence-corrected chi connectivity index (χ0v) is 11.3. The first kappa shape index (κ1) is 14.1. The van der Waals surface area contributed by atoms with Crippen LogP contribution in [0.25, 0.3) is 0 Å². The second-order valence-corrected chi connectivity index (χ2v) is 5.41. The van der Waals surface area contributed by atoms with Crippen LogP contribution in [0.5, 0.6) is 0 Å². The molecular formula is C12H20ClNO4. The minimum atomic E-state index is -0.281.